The second kappa shape index (κ2) is 7.50. The summed E-state index contributed by atoms with van der Waals surface area (Å²) < 4.78 is 10.9. The number of hydrogen-bond donors (Lipinski definition) is 1. The van der Waals surface area contributed by atoms with Gasteiger partial charge in [0.2, 0.25) is 0 Å². The van der Waals surface area contributed by atoms with Crippen LogP contribution in [0.1, 0.15) is 29.5 Å². The summed E-state index contributed by atoms with van der Waals surface area (Å²) in [5, 5.41) is 2.11. The van der Waals surface area contributed by atoms with Crippen LogP contribution in [0.3, 0.4) is 0 Å². The number of furan rings is 1. The van der Waals surface area contributed by atoms with Gasteiger partial charge in [0.05, 0.1) is 11.8 Å². The molecule has 4 nitrogen and oxygen atoms in total. The smallest absolute Gasteiger partial charge is 0.166 e. The fourth-order valence-electron chi connectivity index (χ4n) is 1.94. The number of quaternary nitrogens is 1. The summed E-state index contributed by atoms with van der Waals surface area (Å²) in [5.41, 5.74) is 0.668. The molecule has 1 aromatic carbocycles. The van der Waals surface area contributed by atoms with E-state index >= 15 is 0 Å². The molecule has 2 N–H and O–H groups in total. The van der Waals surface area contributed by atoms with Gasteiger partial charge >= 0.3 is 0 Å². The van der Waals surface area contributed by atoms with Crippen LogP contribution in [-0.4, -0.2) is 18.9 Å². The van der Waals surface area contributed by atoms with Gasteiger partial charge in [-0.2, -0.15) is 0 Å². The molecule has 0 radical (unpaired) electrons. The summed E-state index contributed by atoms with van der Waals surface area (Å²) >= 11 is 0. The van der Waals surface area contributed by atoms with Crippen molar-refractivity contribution in [2.75, 3.05) is 13.2 Å². The topological polar surface area (TPSA) is 56.0 Å². The largest absolute Gasteiger partial charge is 0.487 e. The Morgan fingerprint density at radius 1 is 1.25 bits per heavy atom. The van der Waals surface area contributed by atoms with E-state index in [0.29, 0.717) is 24.3 Å². The van der Waals surface area contributed by atoms with Crippen molar-refractivity contribution in [3.8, 4) is 5.75 Å². The minimum absolute atomic E-state index is 0.111. The van der Waals surface area contributed by atoms with E-state index in [1.165, 1.54) is 0 Å². The molecule has 20 heavy (non-hydrogen) atoms. The van der Waals surface area contributed by atoms with E-state index in [1.54, 1.807) is 6.26 Å². The van der Waals surface area contributed by atoms with Crippen molar-refractivity contribution in [1.82, 2.24) is 0 Å². The zero-order chi connectivity index (χ0) is 14.2. The van der Waals surface area contributed by atoms with Crippen LogP contribution in [-0.2, 0) is 6.54 Å². The van der Waals surface area contributed by atoms with Crippen molar-refractivity contribution >= 4 is 5.78 Å². The van der Waals surface area contributed by atoms with E-state index in [-0.39, 0.29) is 5.78 Å². The number of benzene rings is 1. The maximum atomic E-state index is 11.8. The normalized spacial score (nSPS) is 10.4. The van der Waals surface area contributed by atoms with Crippen molar-refractivity contribution < 1.29 is 19.3 Å². The Labute approximate surface area is 118 Å². The summed E-state index contributed by atoms with van der Waals surface area (Å²) in [6.07, 6.45) is 2.16. The average molecular weight is 274 g/mol. The number of nitrogens with two attached hydrogens (primary N) is 1. The number of para-hydroxylation sites is 1. The Kier molecular flexibility index (Phi) is 5.38. The third-order valence-electron chi connectivity index (χ3n) is 3.01. The number of ketones is 1. The van der Waals surface area contributed by atoms with Gasteiger partial charge in [0.1, 0.15) is 25.4 Å². The quantitative estimate of drug-likeness (QED) is 0.592. The van der Waals surface area contributed by atoms with Crippen LogP contribution in [0.25, 0.3) is 0 Å². The molecule has 2 aromatic rings. The number of carbonyl (C=O) groups is 1. The lowest BCUT2D eigenvalue weighted by Gasteiger charge is -2.09. The monoisotopic (exact) mass is 274 g/mol. The molecule has 106 valence electrons. The molecular weight excluding hydrogens is 254 g/mol. The van der Waals surface area contributed by atoms with Crippen LogP contribution < -0.4 is 10.1 Å². The fourth-order valence-corrected chi connectivity index (χ4v) is 1.94. The first-order valence-electron chi connectivity index (χ1n) is 6.90. The van der Waals surface area contributed by atoms with Crippen LogP contribution in [0.5, 0.6) is 5.75 Å². The SMILES string of the molecule is CCC(=O)c1ccccc1OCC[NH2+]Cc1ccco1. The average Bonchev–Trinajstić information content (AvgIpc) is 3.00. The highest BCUT2D eigenvalue weighted by molar-refractivity contribution is 5.98. The third kappa shape index (κ3) is 3.96. The predicted molar refractivity (Wildman–Crippen MR) is 75.8 cm³/mol. The van der Waals surface area contributed by atoms with Crippen molar-refractivity contribution in [2.24, 2.45) is 0 Å². The Morgan fingerprint density at radius 3 is 2.85 bits per heavy atom. The van der Waals surface area contributed by atoms with Crippen molar-refractivity contribution in [3.05, 3.63) is 54.0 Å². The molecule has 0 amide bonds. The highest BCUT2D eigenvalue weighted by Crippen LogP contribution is 2.19. The summed E-state index contributed by atoms with van der Waals surface area (Å²) in [6.45, 7) is 4.03. The minimum Gasteiger partial charge on any atom is -0.487 e. The second-order valence-electron chi connectivity index (χ2n) is 4.48. The van der Waals surface area contributed by atoms with Crippen molar-refractivity contribution in [1.29, 1.82) is 0 Å². The first-order valence-corrected chi connectivity index (χ1v) is 6.90. The summed E-state index contributed by atoms with van der Waals surface area (Å²) in [4.78, 5) is 11.8. The molecule has 0 unspecified atom stereocenters. The van der Waals surface area contributed by atoms with E-state index in [4.69, 9.17) is 9.15 Å². The van der Waals surface area contributed by atoms with Crippen LogP contribution in [0.4, 0.5) is 0 Å². The molecule has 0 aliphatic heterocycles. The van der Waals surface area contributed by atoms with E-state index in [2.05, 4.69) is 5.32 Å². The molecule has 1 heterocycles. The summed E-state index contributed by atoms with van der Waals surface area (Å²) in [5.74, 6) is 1.73. The molecule has 0 saturated carbocycles. The van der Waals surface area contributed by atoms with Crippen LogP contribution in [0.2, 0.25) is 0 Å². The van der Waals surface area contributed by atoms with E-state index in [1.807, 2.05) is 43.3 Å². The van der Waals surface area contributed by atoms with Gasteiger partial charge in [-0.25, -0.2) is 0 Å². The highest BCUT2D eigenvalue weighted by atomic mass is 16.5. The molecule has 4 heteroatoms. The minimum atomic E-state index is 0.111. The fraction of sp³-hybridized carbons (Fsp3) is 0.312. The molecular formula is C16H20NO3+. The highest BCUT2D eigenvalue weighted by Gasteiger charge is 2.09. The summed E-state index contributed by atoms with van der Waals surface area (Å²) in [7, 11) is 0. The second-order valence-corrected chi connectivity index (χ2v) is 4.48. The standard InChI is InChI=1S/C16H19NO3/c1-2-15(18)14-7-3-4-8-16(14)20-11-9-17-12-13-6-5-10-19-13/h3-8,10,17H,2,9,11-12H2,1H3/p+1. The molecule has 0 aliphatic rings. The van der Waals surface area contributed by atoms with Gasteiger partial charge in [-0.1, -0.05) is 19.1 Å². The Hall–Kier alpha value is -2.07. The Balaban J connectivity index is 1.78. The number of rotatable bonds is 8. The lowest BCUT2D eigenvalue weighted by Crippen LogP contribution is -2.83. The number of ether oxygens (including phenoxy) is 1. The first-order chi connectivity index (χ1) is 9.81. The zero-order valence-corrected chi connectivity index (χ0v) is 11.7. The Bertz CT molecular complexity index is 534. The lowest BCUT2D eigenvalue weighted by atomic mass is 10.1. The van der Waals surface area contributed by atoms with Gasteiger partial charge in [-0.15, -0.1) is 0 Å². The van der Waals surface area contributed by atoms with Gasteiger partial charge in [0.15, 0.2) is 11.5 Å². The first kappa shape index (κ1) is 14.3. The maximum absolute atomic E-state index is 11.8. The molecule has 0 saturated heterocycles. The summed E-state index contributed by atoms with van der Waals surface area (Å²) in [6, 6.07) is 11.2. The van der Waals surface area contributed by atoms with Crippen molar-refractivity contribution in [3.63, 3.8) is 0 Å². The van der Waals surface area contributed by atoms with E-state index in [9.17, 15) is 4.79 Å². The van der Waals surface area contributed by atoms with E-state index in [0.717, 1.165) is 18.8 Å². The molecule has 2 rings (SSSR count). The van der Waals surface area contributed by atoms with Crippen LogP contribution in [0, 0.1) is 0 Å². The Morgan fingerprint density at radius 2 is 2.10 bits per heavy atom. The molecule has 0 bridgehead atoms. The predicted octanol–water partition coefficient (Wildman–Crippen LogP) is 2.01. The van der Waals surface area contributed by atoms with Gasteiger partial charge in [-0.05, 0) is 24.3 Å². The van der Waals surface area contributed by atoms with Gasteiger partial charge in [-0.3, -0.25) is 4.79 Å². The number of hydrogen-bond acceptors (Lipinski definition) is 3. The number of carbonyl (C=O) groups excluding carboxylic acids is 1. The molecule has 0 fully saturated rings. The van der Waals surface area contributed by atoms with Crippen LogP contribution >= 0.6 is 0 Å². The zero-order valence-electron chi connectivity index (χ0n) is 11.7. The van der Waals surface area contributed by atoms with Gasteiger partial charge in [0.25, 0.3) is 0 Å². The molecule has 0 atom stereocenters. The van der Waals surface area contributed by atoms with Gasteiger partial charge < -0.3 is 14.5 Å². The lowest BCUT2D eigenvalue weighted by molar-refractivity contribution is -0.672. The molecule has 0 spiro atoms. The van der Waals surface area contributed by atoms with Gasteiger partial charge in [0, 0.05) is 6.42 Å². The van der Waals surface area contributed by atoms with Crippen molar-refractivity contribution in [2.45, 2.75) is 19.9 Å². The van der Waals surface area contributed by atoms with E-state index < -0.39 is 0 Å². The molecule has 0 aliphatic carbocycles. The maximum Gasteiger partial charge on any atom is 0.166 e. The van der Waals surface area contributed by atoms with Crippen LogP contribution in [0.15, 0.2) is 47.1 Å². The molecule has 1 aromatic heterocycles. The number of Topliss-reactive ketones (excluding diaryl/α,β-unsaturated/α-hetero) is 1. The third-order valence-corrected chi connectivity index (χ3v) is 3.01.